The van der Waals surface area contributed by atoms with Crippen molar-refractivity contribution in [1.29, 1.82) is 0 Å². The molecule has 0 atom stereocenters. The average Bonchev–Trinajstić information content (AvgIpc) is 2.37. The largest absolute Gasteiger partial charge is 0.484 e. The van der Waals surface area contributed by atoms with Crippen LogP contribution < -0.4 is 15.4 Å². The monoisotopic (exact) mass is 314 g/mol. The van der Waals surface area contributed by atoms with Gasteiger partial charge >= 0.3 is 0 Å². The van der Waals surface area contributed by atoms with Gasteiger partial charge in [0.15, 0.2) is 6.61 Å². The van der Waals surface area contributed by atoms with Gasteiger partial charge in [-0.25, -0.2) is 0 Å². The maximum absolute atomic E-state index is 11.4. The molecule has 1 rings (SSSR count). The Bertz CT molecular complexity index is 397. The van der Waals surface area contributed by atoms with Crippen molar-refractivity contribution >= 4 is 21.8 Å². The Labute approximate surface area is 116 Å². The number of carbonyl (C=O) groups excluding carboxylic acids is 1. The van der Waals surface area contributed by atoms with Crippen LogP contribution in [0.15, 0.2) is 22.7 Å². The standard InChI is InChI=1S/C13H19BrN2O2/c1-3-6-16-13(17)9-18-11-4-5-12(14)10(7-11)8-15-2/h4-5,7,15H,3,6,8-9H2,1-2H3,(H,16,17). The molecule has 0 spiro atoms. The van der Waals surface area contributed by atoms with Crippen LogP contribution in [-0.2, 0) is 11.3 Å². The summed E-state index contributed by atoms with van der Waals surface area (Å²) >= 11 is 3.47. The predicted molar refractivity (Wildman–Crippen MR) is 75.7 cm³/mol. The van der Waals surface area contributed by atoms with Gasteiger partial charge in [0.25, 0.3) is 5.91 Å². The maximum atomic E-state index is 11.4. The number of ether oxygens (including phenoxy) is 1. The molecule has 0 bridgehead atoms. The number of hydrogen-bond acceptors (Lipinski definition) is 3. The summed E-state index contributed by atoms with van der Waals surface area (Å²) in [7, 11) is 1.89. The van der Waals surface area contributed by atoms with Gasteiger partial charge in [-0.15, -0.1) is 0 Å². The van der Waals surface area contributed by atoms with E-state index in [1.807, 2.05) is 32.2 Å². The molecule has 0 unspecified atom stereocenters. The van der Waals surface area contributed by atoms with Crippen LogP contribution >= 0.6 is 15.9 Å². The minimum atomic E-state index is -0.0880. The van der Waals surface area contributed by atoms with Crippen molar-refractivity contribution in [2.45, 2.75) is 19.9 Å². The van der Waals surface area contributed by atoms with Crippen LogP contribution in [0.5, 0.6) is 5.75 Å². The fourth-order valence-corrected chi connectivity index (χ4v) is 1.82. The molecule has 100 valence electrons. The minimum Gasteiger partial charge on any atom is -0.484 e. The van der Waals surface area contributed by atoms with Gasteiger partial charge in [-0.05, 0) is 37.2 Å². The van der Waals surface area contributed by atoms with E-state index in [1.165, 1.54) is 0 Å². The normalized spacial score (nSPS) is 10.2. The summed E-state index contributed by atoms with van der Waals surface area (Å²) in [4.78, 5) is 11.4. The van der Waals surface area contributed by atoms with Crippen molar-refractivity contribution < 1.29 is 9.53 Å². The first kappa shape index (κ1) is 15.0. The van der Waals surface area contributed by atoms with Crippen molar-refractivity contribution in [3.8, 4) is 5.75 Å². The molecule has 1 amide bonds. The van der Waals surface area contributed by atoms with E-state index in [4.69, 9.17) is 4.74 Å². The lowest BCUT2D eigenvalue weighted by Crippen LogP contribution is -2.29. The molecule has 1 aromatic rings. The Morgan fingerprint density at radius 3 is 2.89 bits per heavy atom. The second-order valence-electron chi connectivity index (χ2n) is 3.92. The van der Waals surface area contributed by atoms with E-state index in [1.54, 1.807) is 0 Å². The van der Waals surface area contributed by atoms with Crippen LogP contribution in [0.3, 0.4) is 0 Å². The van der Waals surface area contributed by atoms with Crippen LogP contribution in [-0.4, -0.2) is 26.1 Å². The number of benzene rings is 1. The zero-order chi connectivity index (χ0) is 13.4. The molecule has 0 aliphatic rings. The zero-order valence-corrected chi connectivity index (χ0v) is 12.3. The molecule has 18 heavy (non-hydrogen) atoms. The number of hydrogen-bond donors (Lipinski definition) is 2. The van der Waals surface area contributed by atoms with Crippen LogP contribution in [0.2, 0.25) is 0 Å². The summed E-state index contributed by atoms with van der Waals surface area (Å²) in [5, 5.41) is 5.85. The lowest BCUT2D eigenvalue weighted by Gasteiger charge is -2.09. The lowest BCUT2D eigenvalue weighted by molar-refractivity contribution is -0.123. The van der Waals surface area contributed by atoms with Crippen LogP contribution in [0.1, 0.15) is 18.9 Å². The number of rotatable bonds is 7. The Morgan fingerprint density at radius 2 is 2.22 bits per heavy atom. The van der Waals surface area contributed by atoms with Crippen LogP contribution in [0.4, 0.5) is 0 Å². The van der Waals surface area contributed by atoms with E-state index < -0.39 is 0 Å². The summed E-state index contributed by atoms with van der Waals surface area (Å²) in [6.45, 7) is 3.51. The van der Waals surface area contributed by atoms with Crippen LogP contribution in [0.25, 0.3) is 0 Å². The summed E-state index contributed by atoms with van der Waals surface area (Å²) in [6, 6.07) is 5.69. The van der Waals surface area contributed by atoms with Gasteiger partial charge in [-0.1, -0.05) is 22.9 Å². The van der Waals surface area contributed by atoms with Crippen molar-refractivity contribution in [2.24, 2.45) is 0 Å². The number of nitrogens with one attached hydrogen (secondary N) is 2. The molecular weight excluding hydrogens is 296 g/mol. The molecule has 0 saturated heterocycles. The van der Waals surface area contributed by atoms with Gasteiger partial charge in [0.2, 0.25) is 0 Å². The molecule has 0 radical (unpaired) electrons. The number of amides is 1. The van der Waals surface area contributed by atoms with Crippen molar-refractivity contribution in [2.75, 3.05) is 20.2 Å². The van der Waals surface area contributed by atoms with E-state index in [0.29, 0.717) is 12.3 Å². The second kappa shape index (κ2) is 8.11. The zero-order valence-electron chi connectivity index (χ0n) is 10.8. The van der Waals surface area contributed by atoms with Crippen molar-refractivity contribution in [3.63, 3.8) is 0 Å². The minimum absolute atomic E-state index is 0.0562. The van der Waals surface area contributed by atoms with Crippen LogP contribution in [0, 0.1) is 0 Å². The smallest absolute Gasteiger partial charge is 0.257 e. The lowest BCUT2D eigenvalue weighted by atomic mass is 10.2. The average molecular weight is 315 g/mol. The Kier molecular flexibility index (Phi) is 6.75. The van der Waals surface area contributed by atoms with E-state index >= 15 is 0 Å². The first-order valence-electron chi connectivity index (χ1n) is 6.00. The van der Waals surface area contributed by atoms with E-state index in [2.05, 4.69) is 26.6 Å². The van der Waals surface area contributed by atoms with E-state index in [0.717, 1.165) is 23.0 Å². The summed E-state index contributed by atoms with van der Waals surface area (Å²) in [5.74, 6) is 0.616. The SMILES string of the molecule is CCCNC(=O)COc1ccc(Br)c(CNC)c1. The molecule has 0 aliphatic carbocycles. The fourth-order valence-electron chi connectivity index (χ4n) is 1.43. The third kappa shape index (κ3) is 5.06. The van der Waals surface area contributed by atoms with Gasteiger partial charge in [0, 0.05) is 17.6 Å². The van der Waals surface area contributed by atoms with Gasteiger partial charge < -0.3 is 15.4 Å². The summed E-state index contributed by atoms with van der Waals surface area (Å²) in [5.41, 5.74) is 1.10. The number of halogens is 1. The molecule has 2 N–H and O–H groups in total. The van der Waals surface area contributed by atoms with E-state index in [-0.39, 0.29) is 12.5 Å². The third-order valence-corrected chi connectivity index (χ3v) is 3.10. The highest BCUT2D eigenvalue weighted by Gasteiger charge is 2.04. The van der Waals surface area contributed by atoms with Gasteiger partial charge in [-0.3, -0.25) is 4.79 Å². The first-order chi connectivity index (χ1) is 8.67. The Morgan fingerprint density at radius 1 is 1.44 bits per heavy atom. The Hall–Kier alpha value is -1.07. The molecule has 0 heterocycles. The molecule has 1 aromatic carbocycles. The molecule has 0 aromatic heterocycles. The quantitative estimate of drug-likeness (QED) is 0.810. The molecule has 5 heteroatoms. The molecular formula is C13H19BrN2O2. The highest BCUT2D eigenvalue weighted by atomic mass is 79.9. The highest BCUT2D eigenvalue weighted by molar-refractivity contribution is 9.10. The van der Waals surface area contributed by atoms with Gasteiger partial charge in [-0.2, -0.15) is 0 Å². The fraction of sp³-hybridized carbons (Fsp3) is 0.462. The second-order valence-corrected chi connectivity index (χ2v) is 4.78. The maximum Gasteiger partial charge on any atom is 0.257 e. The van der Waals surface area contributed by atoms with Gasteiger partial charge in [0.05, 0.1) is 0 Å². The number of carbonyl (C=O) groups is 1. The first-order valence-corrected chi connectivity index (χ1v) is 6.79. The third-order valence-electron chi connectivity index (χ3n) is 2.33. The van der Waals surface area contributed by atoms with Crippen molar-refractivity contribution in [1.82, 2.24) is 10.6 Å². The highest BCUT2D eigenvalue weighted by Crippen LogP contribution is 2.22. The molecule has 4 nitrogen and oxygen atoms in total. The summed E-state index contributed by atoms with van der Waals surface area (Å²) in [6.07, 6.45) is 0.927. The molecule has 0 aliphatic heterocycles. The Balaban J connectivity index is 2.52. The van der Waals surface area contributed by atoms with Gasteiger partial charge in [0.1, 0.15) is 5.75 Å². The predicted octanol–water partition coefficient (Wildman–Crippen LogP) is 2.07. The topological polar surface area (TPSA) is 50.4 Å². The van der Waals surface area contributed by atoms with Crippen molar-refractivity contribution in [3.05, 3.63) is 28.2 Å². The molecule has 0 saturated carbocycles. The summed E-state index contributed by atoms with van der Waals surface area (Å²) < 4.78 is 6.47. The molecule has 0 fully saturated rings. The van der Waals surface area contributed by atoms with E-state index in [9.17, 15) is 4.79 Å².